The van der Waals surface area contributed by atoms with Crippen LogP contribution in [0.5, 0.6) is 5.75 Å². The van der Waals surface area contributed by atoms with E-state index in [0.717, 1.165) is 19.3 Å². The molecule has 0 saturated heterocycles. The number of ether oxygens (including phenoxy) is 1. The molecule has 0 aliphatic carbocycles. The summed E-state index contributed by atoms with van der Waals surface area (Å²) in [4.78, 5) is 12.7. The highest BCUT2D eigenvalue weighted by molar-refractivity contribution is 5.86. The zero-order chi connectivity index (χ0) is 16.1. The predicted molar refractivity (Wildman–Crippen MR) is 86.9 cm³/mol. The standard InChI is InChI=1S/C15H23N5O2/c1-4-5-6-11(9(2)21)18-14-13-12(19-15(16)20-14)7-10(22-3)8-17-13/h7-9,11,21H,4-6H2,1-3H3,(H3,16,18,19,20)/t9?,11-/m1/s1. The van der Waals surface area contributed by atoms with Gasteiger partial charge in [-0.15, -0.1) is 0 Å². The summed E-state index contributed by atoms with van der Waals surface area (Å²) >= 11 is 0. The first-order valence-electron chi connectivity index (χ1n) is 7.47. The fourth-order valence-corrected chi connectivity index (χ4v) is 2.26. The first-order chi connectivity index (χ1) is 10.5. The van der Waals surface area contributed by atoms with Crippen LogP contribution in [-0.4, -0.2) is 39.3 Å². The summed E-state index contributed by atoms with van der Waals surface area (Å²) in [6, 6.07) is 1.65. The minimum Gasteiger partial charge on any atom is -0.495 e. The van der Waals surface area contributed by atoms with Crippen LogP contribution in [0, 0.1) is 0 Å². The number of anilines is 2. The number of nitrogen functional groups attached to an aromatic ring is 1. The zero-order valence-electron chi connectivity index (χ0n) is 13.2. The molecule has 0 spiro atoms. The maximum absolute atomic E-state index is 9.95. The van der Waals surface area contributed by atoms with Gasteiger partial charge in [0.2, 0.25) is 5.95 Å². The van der Waals surface area contributed by atoms with Gasteiger partial charge in [0.05, 0.1) is 25.5 Å². The topological polar surface area (TPSA) is 106 Å². The number of methoxy groups -OCH3 is 1. The van der Waals surface area contributed by atoms with Crippen LogP contribution in [-0.2, 0) is 0 Å². The fraction of sp³-hybridized carbons (Fsp3) is 0.533. The molecule has 2 heterocycles. The molecule has 2 atom stereocenters. The summed E-state index contributed by atoms with van der Waals surface area (Å²) in [5.41, 5.74) is 6.99. The number of pyridine rings is 1. The predicted octanol–water partition coefficient (Wildman–Crippen LogP) is 1.97. The Morgan fingerprint density at radius 1 is 1.41 bits per heavy atom. The van der Waals surface area contributed by atoms with Crippen molar-refractivity contribution in [1.29, 1.82) is 0 Å². The molecule has 120 valence electrons. The molecule has 0 amide bonds. The molecule has 2 aromatic rings. The smallest absolute Gasteiger partial charge is 0.222 e. The van der Waals surface area contributed by atoms with Crippen molar-refractivity contribution in [3.05, 3.63) is 12.3 Å². The van der Waals surface area contributed by atoms with Crippen molar-refractivity contribution in [2.45, 2.75) is 45.3 Å². The van der Waals surface area contributed by atoms with E-state index in [9.17, 15) is 5.11 Å². The third-order valence-electron chi connectivity index (χ3n) is 3.54. The van der Waals surface area contributed by atoms with E-state index in [1.807, 2.05) is 0 Å². The summed E-state index contributed by atoms with van der Waals surface area (Å²) in [5.74, 6) is 1.30. The Bertz CT molecular complexity index is 633. The Morgan fingerprint density at radius 2 is 2.18 bits per heavy atom. The van der Waals surface area contributed by atoms with Gasteiger partial charge < -0.3 is 20.9 Å². The number of hydrogen-bond donors (Lipinski definition) is 3. The van der Waals surface area contributed by atoms with Crippen LogP contribution in [0.15, 0.2) is 12.3 Å². The van der Waals surface area contributed by atoms with Gasteiger partial charge in [0.1, 0.15) is 16.8 Å². The second-order valence-electron chi connectivity index (χ2n) is 5.31. The summed E-state index contributed by atoms with van der Waals surface area (Å²) < 4.78 is 5.15. The molecule has 0 aliphatic heterocycles. The minimum absolute atomic E-state index is 0.110. The normalized spacial score (nSPS) is 13.8. The Morgan fingerprint density at radius 3 is 2.82 bits per heavy atom. The van der Waals surface area contributed by atoms with Crippen LogP contribution in [0.1, 0.15) is 33.1 Å². The van der Waals surface area contributed by atoms with E-state index in [1.165, 1.54) is 0 Å². The molecule has 7 nitrogen and oxygen atoms in total. The third kappa shape index (κ3) is 3.73. The molecule has 1 unspecified atom stereocenters. The van der Waals surface area contributed by atoms with Crippen LogP contribution in [0.25, 0.3) is 11.0 Å². The molecular weight excluding hydrogens is 282 g/mol. The first-order valence-corrected chi connectivity index (χ1v) is 7.47. The number of rotatable bonds is 7. The summed E-state index contributed by atoms with van der Waals surface area (Å²) in [7, 11) is 1.57. The number of aliphatic hydroxyl groups is 1. The third-order valence-corrected chi connectivity index (χ3v) is 3.54. The van der Waals surface area contributed by atoms with E-state index in [4.69, 9.17) is 10.5 Å². The van der Waals surface area contributed by atoms with Gasteiger partial charge in [-0.3, -0.25) is 0 Å². The van der Waals surface area contributed by atoms with Crippen LogP contribution in [0.3, 0.4) is 0 Å². The van der Waals surface area contributed by atoms with Crippen LogP contribution < -0.4 is 15.8 Å². The molecule has 4 N–H and O–H groups in total. The average Bonchev–Trinajstić information content (AvgIpc) is 2.50. The molecule has 0 radical (unpaired) electrons. The van der Waals surface area contributed by atoms with E-state index in [0.29, 0.717) is 22.6 Å². The van der Waals surface area contributed by atoms with Gasteiger partial charge in [0.25, 0.3) is 0 Å². The van der Waals surface area contributed by atoms with Crippen molar-refractivity contribution < 1.29 is 9.84 Å². The summed E-state index contributed by atoms with van der Waals surface area (Å²) in [6.45, 7) is 3.88. The van der Waals surface area contributed by atoms with Crippen molar-refractivity contribution in [1.82, 2.24) is 15.0 Å². The number of unbranched alkanes of at least 4 members (excludes halogenated alkanes) is 1. The lowest BCUT2D eigenvalue weighted by atomic mass is 10.1. The van der Waals surface area contributed by atoms with Crippen LogP contribution in [0.4, 0.5) is 11.8 Å². The zero-order valence-corrected chi connectivity index (χ0v) is 13.2. The van der Waals surface area contributed by atoms with E-state index in [-0.39, 0.29) is 12.0 Å². The van der Waals surface area contributed by atoms with Crippen molar-refractivity contribution in [2.75, 3.05) is 18.2 Å². The van der Waals surface area contributed by atoms with Crippen molar-refractivity contribution in [3.63, 3.8) is 0 Å². The Balaban J connectivity index is 2.36. The van der Waals surface area contributed by atoms with Gasteiger partial charge in [-0.05, 0) is 13.3 Å². The second-order valence-corrected chi connectivity index (χ2v) is 5.31. The molecule has 22 heavy (non-hydrogen) atoms. The average molecular weight is 305 g/mol. The van der Waals surface area contributed by atoms with E-state index in [1.54, 1.807) is 26.3 Å². The molecule has 0 aliphatic rings. The van der Waals surface area contributed by atoms with E-state index in [2.05, 4.69) is 27.2 Å². The number of aliphatic hydroxyl groups excluding tert-OH is 1. The molecule has 0 fully saturated rings. The highest BCUT2D eigenvalue weighted by Gasteiger charge is 2.17. The molecule has 0 aromatic carbocycles. The lowest BCUT2D eigenvalue weighted by molar-refractivity contribution is 0.166. The molecule has 0 saturated carbocycles. The van der Waals surface area contributed by atoms with Gasteiger partial charge in [0, 0.05) is 6.07 Å². The quantitative estimate of drug-likeness (QED) is 0.718. The van der Waals surface area contributed by atoms with Crippen molar-refractivity contribution in [3.8, 4) is 5.75 Å². The van der Waals surface area contributed by atoms with Gasteiger partial charge >= 0.3 is 0 Å². The molecule has 0 bridgehead atoms. The highest BCUT2D eigenvalue weighted by atomic mass is 16.5. The highest BCUT2D eigenvalue weighted by Crippen LogP contribution is 2.24. The van der Waals surface area contributed by atoms with Gasteiger partial charge in [0.15, 0.2) is 5.82 Å². The summed E-state index contributed by atoms with van der Waals surface area (Å²) in [5, 5.41) is 13.2. The monoisotopic (exact) mass is 305 g/mol. The molecule has 2 rings (SSSR count). The number of nitrogens with zero attached hydrogens (tertiary/aromatic N) is 3. The van der Waals surface area contributed by atoms with Crippen LogP contribution >= 0.6 is 0 Å². The van der Waals surface area contributed by atoms with Gasteiger partial charge in [-0.25, -0.2) is 9.97 Å². The molecule has 2 aromatic heterocycles. The first kappa shape index (κ1) is 16.2. The summed E-state index contributed by atoms with van der Waals surface area (Å²) in [6.07, 6.45) is 4.03. The Kier molecular flexibility index (Phi) is 5.32. The van der Waals surface area contributed by atoms with Crippen LogP contribution in [0.2, 0.25) is 0 Å². The SMILES string of the molecule is CCCC[C@@H](Nc1nc(N)nc2cc(OC)cnc12)C(C)O. The largest absolute Gasteiger partial charge is 0.495 e. The van der Waals surface area contributed by atoms with E-state index < -0.39 is 6.10 Å². The molecule has 7 heteroatoms. The lowest BCUT2D eigenvalue weighted by Gasteiger charge is -2.22. The molecular formula is C15H23N5O2. The Labute approximate surface area is 129 Å². The van der Waals surface area contributed by atoms with E-state index >= 15 is 0 Å². The maximum Gasteiger partial charge on any atom is 0.222 e. The van der Waals surface area contributed by atoms with Gasteiger partial charge in [-0.2, -0.15) is 4.98 Å². The minimum atomic E-state index is -0.504. The lowest BCUT2D eigenvalue weighted by Crippen LogP contribution is -2.32. The van der Waals surface area contributed by atoms with Crippen molar-refractivity contribution >= 4 is 22.8 Å². The maximum atomic E-state index is 9.95. The van der Waals surface area contributed by atoms with Crippen molar-refractivity contribution in [2.24, 2.45) is 0 Å². The fourth-order valence-electron chi connectivity index (χ4n) is 2.26. The number of nitrogens with one attached hydrogen (secondary N) is 1. The number of aromatic nitrogens is 3. The number of nitrogens with two attached hydrogens (primary N) is 1. The second kappa shape index (κ2) is 7.22. The number of fused-ring (bicyclic) bond motifs is 1. The Hall–Kier alpha value is -2.15. The number of hydrogen-bond acceptors (Lipinski definition) is 7. The van der Waals surface area contributed by atoms with Gasteiger partial charge in [-0.1, -0.05) is 19.8 Å².